The molecule has 5 nitrogen and oxygen atoms in total. The van der Waals surface area contributed by atoms with Gasteiger partial charge in [-0.3, -0.25) is 4.79 Å². The Labute approximate surface area is 116 Å². The molecule has 1 aliphatic carbocycles. The van der Waals surface area contributed by atoms with Gasteiger partial charge < -0.3 is 20.1 Å². The van der Waals surface area contributed by atoms with E-state index in [9.17, 15) is 9.90 Å². The topological polar surface area (TPSA) is 61.8 Å². The molecule has 5 heteroatoms. The third-order valence-electron chi connectivity index (χ3n) is 3.68. The molecule has 0 bridgehead atoms. The highest BCUT2D eigenvalue weighted by Crippen LogP contribution is 2.21. The molecule has 2 N–H and O–H groups in total. The molecule has 0 heterocycles. The average molecular weight is 272 g/mol. The maximum atomic E-state index is 11.2. The molecule has 0 amide bonds. The second-order valence-corrected chi connectivity index (χ2v) is 5.29. The molecule has 0 aliphatic heterocycles. The Kier molecular flexibility index (Phi) is 8.02. The molecule has 1 rings (SSSR count). The van der Waals surface area contributed by atoms with E-state index in [0.29, 0.717) is 13.2 Å². The molecule has 0 saturated heterocycles. The van der Waals surface area contributed by atoms with Gasteiger partial charge in [0.05, 0.1) is 19.1 Å². The summed E-state index contributed by atoms with van der Waals surface area (Å²) in [6, 6.07) is 0.728. The smallest absolute Gasteiger partial charge is 0.308 e. The van der Waals surface area contributed by atoms with Crippen LogP contribution in [-0.4, -0.2) is 61.4 Å². The van der Waals surface area contributed by atoms with Crippen LogP contribution < -0.4 is 5.32 Å². The normalized spacial score (nSPS) is 17.9. The van der Waals surface area contributed by atoms with Gasteiger partial charge in [0.2, 0.25) is 0 Å². The summed E-state index contributed by atoms with van der Waals surface area (Å²) in [5, 5.41) is 12.8. The zero-order valence-electron chi connectivity index (χ0n) is 12.2. The van der Waals surface area contributed by atoms with Crippen molar-refractivity contribution in [2.75, 3.05) is 33.3 Å². The van der Waals surface area contributed by atoms with Crippen LogP contribution in [0, 0.1) is 0 Å². The van der Waals surface area contributed by atoms with E-state index in [2.05, 4.69) is 17.3 Å². The first-order chi connectivity index (χ1) is 9.13. The van der Waals surface area contributed by atoms with Crippen LogP contribution in [0.1, 0.15) is 39.0 Å². The molecular weight excluding hydrogens is 244 g/mol. The highest BCUT2D eigenvalue weighted by molar-refractivity contribution is 5.69. The quantitative estimate of drug-likeness (QED) is 0.479. The summed E-state index contributed by atoms with van der Waals surface area (Å²) in [5.41, 5.74) is 0. The lowest BCUT2D eigenvalue weighted by atomic mass is 10.2. The SMILES string of the molecule is CCOC(=O)CC(O)CNCCN(C)C1CCCC1. The van der Waals surface area contributed by atoms with Crippen molar-refractivity contribution >= 4 is 5.97 Å². The van der Waals surface area contributed by atoms with E-state index in [1.165, 1.54) is 25.7 Å². The minimum atomic E-state index is -0.657. The van der Waals surface area contributed by atoms with E-state index >= 15 is 0 Å². The van der Waals surface area contributed by atoms with Gasteiger partial charge in [0, 0.05) is 25.7 Å². The average Bonchev–Trinajstić information content (AvgIpc) is 2.88. The number of hydrogen-bond donors (Lipinski definition) is 2. The van der Waals surface area contributed by atoms with Crippen molar-refractivity contribution in [2.24, 2.45) is 0 Å². The summed E-state index contributed by atoms with van der Waals surface area (Å²) in [6.07, 6.45) is 4.72. The second kappa shape index (κ2) is 9.28. The lowest BCUT2D eigenvalue weighted by Crippen LogP contribution is -2.38. The maximum absolute atomic E-state index is 11.2. The van der Waals surface area contributed by atoms with Gasteiger partial charge in [-0.15, -0.1) is 0 Å². The Morgan fingerprint density at radius 3 is 2.79 bits per heavy atom. The fourth-order valence-corrected chi connectivity index (χ4v) is 2.54. The van der Waals surface area contributed by atoms with Crippen molar-refractivity contribution in [3.8, 4) is 0 Å². The summed E-state index contributed by atoms with van der Waals surface area (Å²) in [6.45, 7) is 4.40. The van der Waals surface area contributed by atoms with Gasteiger partial charge in [-0.05, 0) is 26.8 Å². The number of nitrogens with zero attached hydrogens (tertiary/aromatic N) is 1. The van der Waals surface area contributed by atoms with E-state index < -0.39 is 6.10 Å². The van der Waals surface area contributed by atoms with Crippen LogP contribution in [0.4, 0.5) is 0 Å². The molecule has 19 heavy (non-hydrogen) atoms. The van der Waals surface area contributed by atoms with Crippen LogP contribution in [0.25, 0.3) is 0 Å². The van der Waals surface area contributed by atoms with Crippen LogP contribution >= 0.6 is 0 Å². The molecule has 1 unspecified atom stereocenters. The van der Waals surface area contributed by atoms with Crippen LogP contribution in [0.2, 0.25) is 0 Å². The summed E-state index contributed by atoms with van der Waals surface area (Å²) < 4.78 is 4.79. The molecule has 112 valence electrons. The third-order valence-corrected chi connectivity index (χ3v) is 3.68. The lowest BCUT2D eigenvalue weighted by Gasteiger charge is -2.24. The van der Waals surface area contributed by atoms with Crippen molar-refractivity contribution in [1.29, 1.82) is 0 Å². The summed E-state index contributed by atoms with van der Waals surface area (Å²) in [4.78, 5) is 13.5. The molecule has 0 aromatic rings. The van der Waals surface area contributed by atoms with Crippen LogP contribution in [0.5, 0.6) is 0 Å². The minimum absolute atomic E-state index is 0.0688. The van der Waals surface area contributed by atoms with Crippen molar-refractivity contribution < 1.29 is 14.6 Å². The van der Waals surface area contributed by atoms with Crippen molar-refractivity contribution in [1.82, 2.24) is 10.2 Å². The van der Waals surface area contributed by atoms with Crippen molar-refractivity contribution in [2.45, 2.75) is 51.2 Å². The molecule has 1 saturated carbocycles. The number of esters is 1. The fourth-order valence-electron chi connectivity index (χ4n) is 2.54. The number of rotatable bonds is 9. The minimum Gasteiger partial charge on any atom is -0.466 e. The molecule has 1 fully saturated rings. The van der Waals surface area contributed by atoms with Gasteiger partial charge in [0.1, 0.15) is 0 Å². The van der Waals surface area contributed by atoms with Gasteiger partial charge in [0.15, 0.2) is 0 Å². The Bertz CT molecular complexity index is 255. The third kappa shape index (κ3) is 6.89. The van der Waals surface area contributed by atoms with Gasteiger partial charge in [-0.1, -0.05) is 12.8 Å². The summed E-state index contributed by atoms with van der Waals surface area (Å²) >= 11 is 0. The fraction of sp³-hybridized carbons (Fsp3) is 0.929. The van der Waals surface area contributed by atoms with E-state index in [1.54, 1.807) is 6.92 Å². The number of carbonyl (C=O) groups is 1. The van der Waals surface area contributed by atoms with Gasteiger partial charge in [-0.25, -0.2) is 0 Å². The number of aliphatic hydroxyl groups is 1. The molecular formula is C14H28N2O3. The molecule has 1 aliphatic rings. The predicted octanol–water partition coefficient (Wildman–Crippen LogP) is 0.765. The highest BCUT2D eigenvalue weighted by atomic mass is 16.5. The first kappa shape index (κ1) is 16.4. The van der Waals surface area contributed by atoms with E-state index in [0.717, 1.165) is 19.1 Å². The molecule has 0 radical (unpaired) electrons. The number of carbonyl (C=O) groups excluding carboxylic acids is 1. The summed E-state index contributed by atoms with van der Waals surface area (Å²) in [7, 11) is 2.16. The molecule has 0 aromatic heterocycles. The number of hydrogen-bond acceptors (Lipinski definition) is 5. The maximum Gasteiger partial charge on any atom is 0.308 e. The standard InChI is InChI=1S/C14H28N2O3/c1-3-19-14(18)10-13(17)11-15-8-9-16(2)12-6-4-5-7-12/h12-13,15,17H,3-11H2,1-2H3. The predicted molar refractivity (Wildman–Crippen MR) is 75.0 cm³/mol. The van der Waals surface area contributed by atoms with E-state index in [4.69, 9.17) is 4.74 Å². The van der Waals surface area contributed by atoms with E-state index in [-0.39, 0.29) is 12.4 Å². The van der Waals surface area contributed by atoms with Gasteiger partial charge in [-0.2, -0.15) is 0 Å². The number of ether oxygens (including phenoxy) is 1. The largest absolute Gasteiger partial charge is 0.466 e. The monoisotopic (exact) mass is 272 g/mol. The summed E-state index contributed by atoms with van der Waals surface area (Å²) in [5.74, 6) is -0.333. The Morgan fingerprint density at radius 2 is 2.16 bits per heavy atom. The van der Waals surface area contributed by atoms with Crippen molar-refractivity contribution in [3.05, 3.63) is 0 Å². The Hall–Kier alpha value is -0.650. The van der Waals surface area contributed by atoms with Crippen molar-refractivity contribution in [3.63, 3.8) is 0 Å². The zero-order chi connectivity index (χ0) is 14.1. The molecule has 0 spiro atoms. The first-order valence-electron chi connectivity index (χ1n) is 7.38. The number of likely N-dealkylation sites (N-methyl/N-ethyl adjacent to an activating group) is 1. The van der Waals surface area contributed by atoms with Crippen LogP contribution in [-0.2, 0) is 9.53 Å². The van der Waals surface area contributed by atoms with Gasteiger partial charge >= 0.3 is 5.97 Å². The second-order valence-electron chi connectivity index (χ2n) is 5.29. The van der Waals surface area contributed by atoms with E-state index in [1.807, 2.05) is 0 Å². The van der Waals surface area contributed by atoms with Crippen LogP contribution in [0.15, 0.2) is 0 Å². The number of nitrogens with one attached hydrogen (secondary N) is 1. The Morgan fingerprint density at radius 1 is 1.47 bits per heavy atom. The first-order valence-corrected chi connectivity index (χ1v) is 7.38. The zero-order valence-corrected chi connectivity index (χ0v) is 12.2. The van der Waals surface area contributed by atoms with Gasteiger partial charge in [0.25, 0.3) is 0 Å². The molecule has 1 atom stereocenters. The number of aliphatic hydroxyl groups excluding tert-OH is 1. The lowest BCUT2D eigenvalue weighted by molar-refractivity contribution is -0.145. The Balaban J connectivity index is 2.01. The van der Waals surface area contributed by atoms with Crippen LogP contribution in [0.3, 0.4) is 0 Å². The highest BCUT2D eigenvalue weighted by Gasteiger charge is 2.18. The molecule has 0 aromatic carbocycles.